The third-order valence-electron chi connectivity index (χ3n) is 3.75. The number of pyridine rings is 1. The van der Waals surface area contributed by atoms with Gasteiger partial charge in [0.05, 0.1) is 16.9 Å². The molecule has 0 aliphatic carbocycles. The molecule has 1 aromatic heterocycles. The lowest BCUT2D eigenvalue weighted by atomic mass is 10.1. The number of nitrogens with zero attached hydrogens (tertiary/aromatic N) is 4. The van der Waals surface area contributed by atoms with Gasteiger partial charge in [-0.15, -0.1) is 0 Å². The van der Waals surface area contributed by atoms with Crippen molar-refractivity contribution in [3.63, 3.8) is 0 Å². The molecule has 0 atom stereocenters. The van der Waals surface area contributed by atoms with Crippen molar-refractivity contribution in [2.45, 2.75) is 12.8 Å². The molecule has 0 unspecified atom stereocenters. The minimum absolute atomic E-state index is 0.585. The molecular formula is C16H17N5S. The van der Waals surface area contributed by atoms with Gasteiger partial charge in [-0.1, -0.05) is 11.8 Å². The van der Waals surface area contributed by atoms with Gasteiger partial charge in [-0.3, -0.25) is 10.3 Å². The molecule has 3 rings (SSSR count). The molecule has 5 nitrogen and oxygen atoms in total. The average Bonchev–Trinajstić information content (AvgIpc) is 3.09. The molecule has 1 N–H and O–H groups in total. The summed E-state index contributed by atoms with van der Waals surface area (Å²) in [5, 5.41) is 13.0. The molecule has 0 spiro atoms. The van der Waals surface area contributed by atoms with Gasteiger partial charge < -0.3 is 4.90 Å². The van der Waals surface area contributed by atoms with Gasteiger partial charge in [-0.25, -0.2) is 4.99 Å². The SMILES string of the molecule is CSC(=Nc1ccc(N2CCCC2)c2ncccc12)NC#N. The summed E-state index contributed by atoms with van der Waals surface area (Å²) in [5.41, 5.74) is 2.98. The Kier molecular flexibility index (Phi) is 4.45. The average molecular weight is 311 g/mol. The molecule has 22 heavy (non-hydrogen) atoms. The number of hydrogen-bond donors (Lipinski definition) is 1. The van der Waals surface area contributed by atoms with Gasteiger partial charge in [-0.2, -0.15) is 5.26 Å². The molecule has 1 saturated heterocycles. The van der Waals surface area contributed by atoms with Crippen molar-refractivity contribution in [2.24, 2.45) is 4.99 Å². The first kappa shape index (κ1) is 14.7. The van der Waals surface area contributed by atoms with Crippen LogP contribution in [0.15, 0.2) is 35.5 Å². The van der Waals surface area contributed by atoms with E-state index in [4.69, 9.17) is 5.26 Å². The van der Waals surface area contributed by atoms with Crippen LogP contribution < -0.4 is 10.2 Å². The largest absolute Gasteiger partial charge is 0.370 e. The molecule has 0 saturated carbocycles. The highest BCUT2D eigenvalue weighted by atomic mass is 32.2. The van der Waals surface area contributed by atoms with Crippen LogP contribution in [0.4, 0.5) is 11.4 Å². The summed E-state index contributed by atoms with van der Waals surface area (Å²) in [7, 11) is 0. The zero-order valence-electron chi connectivity index (χ0n) is 12.4. The molecule has 112 valence electrons. The van der Waals surface area contributed by atoms with E-state index in [1.165, 1.54) is 30.3 Å². The molecular weight excluding hydrogens is 294 g/mol. The number of fused-ring (bicyclic) bond motifs is 1. The number of hydrogen-bond acceptors (Lipinski definition) is 5. The third kappa shape index (κ3) is 2.85. The predicted octanol–water partition coefficient (Wildman–Crippen LogP) is 3.26. The molecule has 0 radical (unpaired) electrons. The molecule has 1 aliphatic rings. The number of thioether (sulfide) groups is 1. The van der Waals surface area contributed by atoms with E-state index in [0.29, 0.717) is 5.17 Å². The molecule has 1 aromatic carbocycles. The Morgan fingerprint density at radius 1 is 1.36 bits per heavy atom. The van der Waals surface area contributed by atoms with Gasteiger partial charge in [0.25, 0.3) is 0 Å². The maximum absolute atomic E-state index is 8.77. The van der Waals surface area contributed by atoms with E-state index in [-0.39, 0.29) is 0 Å². The number of nitriles is 1. The Labute approximate surface area is 134 Å². The molecule has 2 heterocycles. The van der Waals surface area contributed by atoms with Crippen molar-refractivity contribution in [1.82, 2.24) is 10.3 Å². The van der Waals surface area contributed by atoms with E-state index in [0.717, 1.165) is 29.7 Å². The highest BCUT2D eigenvalue weighted by molar-refractivity contribution is 8.13. The fraction of sp³-hybridized carbons (Fsp3) is 0.312. The van der Waals surface area contributed by atoms with Crippen molar-refractivity contribution in [2.75, 3.05) is 24.2 Å². The van der Waals surface area contributed by atoms with Crippen LogP contribution in [0.25, 0.3) is 10.9 Å². The first-order chi connectivity index (χ1) is 10.8. The van der Waals surface area contributed by atoms with Crippen molar-refractivity contribution in [3.05, 3.63) is 30.5 Å². The summed E-state index contributed by atoms with van der Waals surface area (Å²) in [5.74, 6) is 0. The number of rotatable bonds is 2. The van der Waals surface area contributed by atoms with Gasteiger partial charge in [0.1, 0.15) is 0 Å². The maximum Gasteiger partial charge on any atom is 0.183 e. The molecule has 1 fully saturated rings. The van der Waals surface area contributed by atoms with Crippen LogP contribution >= 0.6 is 11.8 Å². The summed E-state index contributed by atoms with van der Waals surface area (Å²) < 4.78 is 0. The predicted molar refractivity (Wildman–Crippen MR) is 92.5 cm³/mol. The van der Waals surface area contributed by atoms with Crippen LogP contribution in [-0.4, -0.2) is 29.5 Å². The Morgan fingerprint density at radius 2 is 2.18 bits per heavy atom. The lowest BCUT2D eigenvalue weighted by Gasteiger charge is -2.19. The molecule has 0 amide bonds. The maximum atomic E-state index is 8.77. The summed E-state index contributed by atoms with van der Waals surface area (Å²) in [6, 6.07) is 8.05. The van der Waals surface area contributed by atoms with Crippen LogP contribution in [0.1, 0.15) is 12.8 Å². The van der Waals surface area contributed by atoms with Crippen LogP contribution in [0, 0.1) is 11.5 Å². The Morgan fingerprint density at radius 3 is 2.91 bits per heavy atom. The van der Waals surface area contributed by atoms with Crippen molar-refractivity contribution in [3.8, 4) is 6.19 Å². The van der Waals surface area contributed by atoms with Crippen LogP contribution in [0.2, 0.25) is 0 Å². The summed E-state index contributed by atoms with van der Waals surface area (Å²) in [4.78, 5) is 11.5. The Hall–Kier alpha value is -2.26. The smallest absolute Gasteiger partial charge is 0.183 e. The lowest BCUT2D eigenvalue weighted by molar-refractivity contribution is 0.949. The van der Waals surface area contributed by atoms with Gasteiger partial charge in [0.15, 0.2) is 11.4 Å². The van der Waals surface area contributed by atoms with Crippen molar-refractivity contribution < 1.29 is 0 Å². The number of anilines is 1. The Balaban J connectivity index is 2.10. The van der Waals surface area contributed by atoms with E-state index in [2.05, 4.69) is 26.3 Å². The van der Waals surface area contributed by atoms with E-state index in [9.17, 15) is 0 Å². The monoisotopic (exact) mass is 311 g/mol. The summed E-state index contributed by atoms with van der Waals surface area (Å²) >= 11 is 1.41. The molecule has 1 aliphatic heterocycles. The van der Waals surface area contributed by atoms with Gasteiger partial charge in [-0.05, 0) is 43.4 Å². The number of amidine groups is 1. The van der Waals surface area contributed by atoms with Crippen LogP contribution in [-0.2, 0) is 0 Å². The van der Waals surface area contributed by atoms with Gasteiger partial charge in [0, 0.05) is 24.7 Å². The number of aliphatic imine (C=N–C) groups is 1. The first-order valence-electron chi connectivity index (χ1n) is 7.24. The van der Waals surface area contributed by atoms with Gasteiger partial charge in [0.2, 0.25) is 0 Å². The minimum atomic E-state index is 0.585. The van der Waals surface area contributed by atoms with Gasteiger partial charge >= 0.3 is 0 Å². The van der Waals surface area contributed by atoms with Crippen molar-refractivity contribution >= 4 is 39.2 Å². The quantitative estimate of drug-likeness (QED) is 0.399. The second-order valence-corrected chi connectivity index (χ2v) is 5.85. The third-order valence-corrected chi connectivity index (χ3v) is 4.33. The molecule has 6 heteroatoms. The number of nitrogens with one attached hydrogen (secondary N) is 1. The van der Waals surface area contributed by atoms with Crippen molar-refractivity contribution in [1.29, 1.82) is 5.26 Å². The number of benzene rings is 1. The van der Waals surface area contributed by atoms with Crippen LogP contribution in [0.3, 0.4) is 0 Å². The zero-order chi connectivity index (χ0) is 15.4. The lowest BCUT2D eigenvalue weighted by Crippen LogP contribution is -2.18. The standard InChI is InChI=1S/C16H17N5S/c1-22-16(19-11-17)20-13-6-7-14(21-9-2-3-10-21)15-12(13)5-4-8-18-15/h4-8H,2-3,9-10H2,1H3,(H,19,20). The Bertz CT molecular complexity index is 744. The second kappa shape index (κ2) is 6.67. The van der Waals surface area contributed by atoms with E-state index < -0.39 is 0 Å². The second-order valence-electron chi connectivity index (χ2n) is 5.06. The highest BCUT2D eigenvalue weighted by Gasteiger charge is 2.16. The summed E-state index contributed by atoms with van der Waals surface area (Å²) in [6.07, 6.45) is 8.09. The molecule has 2 aromatic rings. The molecule has 0 bridgehead atoms. The summed E-state index contributed by atoms with van der Waals surface area (Å²) in [6.45, 7) is 2.17. The van der Waals surface area contributed by atoms with E-state index in [1.807, 2.05) is 36.8 Å². The minimum Gasteiger partial charge on any atom is -0.370 e. The normalized spacial score (nSPS) is 15.1. The van der Waals surface area contributed by atoms with E-state index >= 15 is 0 Å². The topological polar surface area (TPSA) is 64.3 Å². The fourth-order valence-electron chi connectivity index (χ4n) is 2.74. The first-order valence-corrected chi connectivity index (χ1v) is 8.46. The van der Waals surface area contributed by atoms with Crippen LogP contribution in [0.5, 0.6) is 0 Å². The van der Waals surface area contributed by atoms with E-state index in [1.54, 1.807) is 0 Å². The number of aromatic nitrogens is 1. The fourth-order valence-corrected chi connectivity index (χ4v) is 3.07. The zero-order valence-corrected chi connectivity index (χ0v) is 13.2. The highest BCUT2D eigenvalue weighted by Crippen LogP contribution is 2.34.